The van der Waals surface area contributed by atoms with Crippen LogP contribution in [0.4, 0.5) is 17.6 Å². The van der Waals surface area contributed by atoms with Gasteiger partial charge < -0.3 is 15.5 Å². The molecule has 0 radical (unpaired) electrons. The van der Waals surface area contributed by atoms with Crippen LogP contribution < -0.4 is 10.6 Å². The summed E-state index contributed by atoms with van der Waals surface area (Å²) in [6.45, 7) is 5.83. The third kappa shape index (κ3) is 6.74. The van der Waals surface area contributed by atoms with Gasteiger partial charge in [0.15, 0.2) is 0 Å². The first-order valence-corrected chi connectivity index (χ1v) is 12.1. The second-order valence-corrected chi connectivity index (χ2v) is 9.84. The zero-order valence-corrected chi connectivity index (χ0v) is 21.0. The summed E-state index contributed by atoms with van der Waals surface area (Å²) in [4.78, 5) is 15.8. The van der Waals surface area contributed by atoms with Crippen molar-refractivity contribution in [3.8, 4) is 0 Å². The van der Waals surface area contributed by atoms with Gasteiger partial charge in [0.2, 0.25) is 5.91 Å². The van der Waals surface area contributed by atoms with Crippen LogP contribution in [0.25, 0.3) is 0 Å². The Morgan fingerprint density at radius 3 is 2.37 bits per heavy atom. The zero-order valence-electron chi connectivity index (χ0n) is 20.2. The normalized spacial score (nSPS) is 17.3. The number of piperidine rings is 1. The van der Waals surface area contributed by atoms with E-state index in [-0.39, 0.29) is 18.0 Å². The third-order valence-electron chi connectivity index (χ3n) is 7.03. The summed E-state index contributed by atoms with van der Waals surface area (Å²) in [5.41, 5.74) is -0.567. The first-order valence-electron chi connectivity index (χ1n) is 11.7. The maximum absolute atomic E-state index is 14.2. The van der Waals surface area contributed by atoms with Crippen LogP contribution in [0.3, 0.4) is 0 Å². The van der Waals surface area contributed by atoms with E-state index in [1.165, 1.54) is 0 Å². The minimum absolute atomic E-state index is 0.211. The molecular formula is C26H32ClF4N3O. The molecule has 2 aromatic carbocycles. The number of carbonyl (C=O) groups is 1. The number of nitrogens with zero attached hydrogens (tertiary/aromatic N) is 1. The molecule has 1 unspecified atom stereocenters. The molecule has 1 aliphatic rings. The topological polar surface area (TPSA) is 44.4 Å². The van der Waals surface area contributed by atoms with Crippen LogP contribution in [0.1, 0.15) is 48.4 Å². The number of alkyl halides is 3. The minimum Gasteiger partial charge on any atom is -0.351 e. The molecule has 2 aromatic rings. The highest BCUT2D eigenvalue weighted by Crippen LogP contribution is 2.33. The van der Waals surface area contributed by atoms with Crippen LogP contribution in [-0.2, 0) is 22.9 Å². The summed E-state index contributed by atoms with van der Waals surface area (Å²) in [7, 11) is 1.96. The molecule has 9 heteroatoms. The summed E-state index contributed by atoms with van der Waals surface area (Å²) >= 11 is 6.20. The molecule has 1 saturated heterocycles. The summed E-state index contributed by atoms with van der Waals surface area (Å²) in [6, 6.07) is 8.10. The van der Waals surface area contributed by atoms with E-state index in [1.54, 1.807) is 12.1 Å². The molecule has 1 fully saturated rings. The smallest absolute Gasteiger partial charge is 0.351 e. The van der Waals surface area contributed by atoms with Crippen molar-refractivity contribution < 1.29 is 22.4 Å². The highest BCUT2D eigenvalue weighted by Gasteiger charge is 2.36. The number of hydrogen-bond donors (Lipinski definition) is 2. The minimum atomic E-state index is -4.59. The Balaban J connectivity index is 1.79. The zero-order chi connectivity index (χ0) is 25.8. The van der Waals surface area contributed by atoms with Crippen LogP contribution >= 0.6 is 11.6 Å². The van der Waals surface area contributed by atoms with Crippen molar-refractivity contribution >= 4 is 17.5 Å². The lowest BCUT2D eigenvalue weighted by molar-refractivity contribution is -0.137. The molecule has 1 heterocycles. The predicted octanol–water partition coefficient (Wildman–Crippen LogP) is 5.45. The van der Waals surface area contributed by atoms with Crippen molar-refractivity contribution in [2.45, 2.75) is 57.3 Å². The van der Waals surface area contributed by atoms with Crippen LogP contribution in [0, 0.1) is 12.7 Å². The molecule has 3 rings (SSSR count). The van der Waals surface area contributed by atoms with Gasteiger partial charge in [-0.15, -0.1) is 0 Å². The molecule has 2 N–H and O–H groups in total. The molecule has 35 heavy (non-hydrogen) atoms. The van der Waals surface area contributed by atoms with E-state index >= 15 is 0 Å². The van der Waals surface area contributed by atoms with Gasteiger partial charge in [-0.1, -0.05) is 23.7 Å². The van der Waals surface area contributed by atoms with Crippen LogP contribution in [0.5, 0.6) is 0 Å². The predicted molar refractivity (Wildman–Crippen MR) is 130 cm³/mol. The fourth-order valence-corrected chi connectivity index (χ4v) is 4.58. The fourth-order valence-electron chi connectivity index (χ4n) is 4.46. The largest absolute Gasteiger partial charge is 0.416 e. The Kier molecular flexibility index (Phi) is 8.83. The number of aryl methyl sites for hydroxylation is 1. The maximum Gasteiger partial charge on any atom is 0.416 e. The van der Waals surface area contributed by atoms with Crippen LogP contribution in [-0.4, -0.2) is 43.5 Å². The Morgan fingerprint density at radius 1 is 1.11 bits per heavy atom. The van der Waals surface area contributed by atoms with Gasteiger partial charge in [0.05, 0.1) is 11.0 Å². The van der Waals surface area contributed by atoms with Crippen LogP contribution in [0.15, 0.2) is 36.4 Å². The Hall–Kier alpha value is -2.16. The van der Waals surface area contributed by atoms with E-state index < -0.39 is 23.0 Å². The molecule has 1 amide bonds. The molecule has 4 nitrogen and oxygen atoms in total. The number of hydrogen-bond acceptors (Lipinski definition) is 3. The molecule has 1 atom stereocenters. The van der Waals surface area contributed by atoms with Gasteiger partial charge >= 0.3 is 6.18 Å². The number of nitrogens with one attached hydrogen (secondary N) is 2. The number of likely N-dealkylation sites (tertiary alicyclic amines) is 1. The summed E-state index contributed by atoms with van der Waals surface area (Å²) in [6.07, 6.45) is -2.06. The van der Waals surface area contributed by atoms with Gasteiger partial charge in [0, 0.05) is 23.2 Å². The van der Waals surface area contributed by atoms with Gasteiger partial charge in [-0.25, -0.2) is 4.39 Å². The molecule has 0 bridgehead atoms. The SMILES string of the molecule is CNC1CCN(CCC(C)(C(=O)NCc2cc(C(F)(F)F)ccc2F)c2ccc(Cl)c(C)c2)CC1. The number of rotatable bonds is 8. The number of benzene rings is 2. The van der Waals surface area contributed by atoms with Crippen LogP contribution in [0.2, 0.25) is 5.02 Å². The average molecular weight is 514 g/mol. The van der Waals surface area contributed by atoms with E-state index in [9.17, 15) is 22.4 Å². The van der Waals surface area contributed by atoms with Crippen molar-refractivity contribution in [1.29, 1.82) is 0 Å². The molecule has 192 valence electrons. The lowest BCUT2D eigenvalue weighted by Gasteiger charge is -2.35. The maximum atomic E-state index is 14.2. The van der Waals surface area contributed by atoms with Crippen molar-refractivity contribution in [2.75, 3.05) is 26.7 Å². The third-order valence-corrected chi connectivity index (χ3v) is 7.46. The van der Waals surface area contributed by atoms with Gasteiger partial charge in [0.1, 0.15) is 5.82 Å². The van der Waals surface area contributed by atoms with Gasteiger partial charge in [-0.3, -0.25) is 4.79 Å². The second kappa shape index (κ2) is 11.3. The fraction of sp³-hybridized carbons (Fsp3) is 0.500. The van der Waals surface area contributed by atoms with E-state index in [4.69, 9.17) is 11.6 Å². The number of amides is 1. The Morgan fingerprint density at radius 2 is 1.77 bits per heavy atom. The average Bonchev–Trinajstić information content (AvgIpc) is 2.83. The second-order valence-electron chi connectivity index (χ2n) is 9.44. The summed E-state index contributed by atoms with van der Waals surface area (Å²) in [5.74, 6) is -1.17. The summed E-state index contributed by atoms with van der Waals surface area (Å²) < 4.78 is 53.5. The summed E-state index contributed by atoms with van der Waals surface area (Å²) in [5, 5.41) is 6.57. The van der Waals surface area contributed by atoms with E-state index in [2.05, 4.69) is 15.5 Å². The van der Waals surface area contributed by atoms with Crippen molar-refractivity contribution in [2.24, 2.45) is 0 Å². The first kappa shape index (κ1) is 27.4. The lowest BCUT2D eigenvalue weighted by Crippen LogP contribution is -2.46. The molecule has 1 aliphatic heterocycles. The van der Waals surface area contributed by atoms with E-state index in [0.29, 0.717) is 30.1 Å². The Labute approximate surface area is 209 Å². The molecular weight excluding hydrogens is 482 g/mol. The monoisotopic (exact) mass is 513 g/mol. The van der Waals surface area contributed by atoms with E-state index in [0.717, 1.165) is 49.2 Å². The van der Waals surface area contributed by atoms with Gasteiger partial charge in [-0.2, -0.15) is 13.2 Å². The van der Waals surface area contributed by atoms with Crippen molar-refractivity contribution in [3.63, 3.8) is 0 Å². The molecule has 0 spiro atoms. The molecule has 0 aromatic heterocycles. The molecule has 0 aliphatic carbocycles. The lowest BCUT2D eigenvalue weighted by atomic mass is 9.77. The highest BCUT2D eigenvalue weighted by molar-refractivity contribution is 6.31. The van der Waals surface area contributed by atoms with Gasteiger partial charge in [-0.05, 0) is 95.2 Å². The number of halogens is 5. The van der Waals surface area contributed by atoms with Crippen molar-refractivity contribution in [1.82, 2.24) is 15.5 Å². The van der Waals surface area contributed by atoms with E-state index in [1.807, 2.05) is 27.0 Å². The van der Waals surface area contributed by atoms with Crippen molar-refractivity contribution in [3.05, 3.63) is 69.5 Å². The first-order chi connectivity index (χ1) is 16.4. The standard InChI is InChI=1S/C26H32ClF4N3O/c1-17-14-19(4-6-22(17)27)25(2,10-13-34-11-8-21(32-3)9-12-34)24(35)33-16-18-15-20(26(29,30)31)5-7-23(18)28/h4-7,14-15,21,32H,8-13,16H2,1-3H3,(H,33,35). The Bertz CT molecular complexity index is 1040. The van der Waals surface area contributed by atoms with Gasteiger partial charge in [0.25, 0.3) is 0 Å². The number of carbonyl (C=O) groups excluding carboxylic acids is 1. The molecule has 0 saturated carbocycles. The quantitative estimate of drug-likeness (QED) is 0.461. The highest BCUT2D eigenvalue weighted by atomic mass is 35.5.